The SMILES string of the molecule is CNNN([O-])N(N)[O-]. The molecule has 0 aliphatic carbocycles. The van der Waals surface area contributed by atoms with E-state index in [2.05, 4.69) is 11.3 Å². The van der Waals surface area contributed by atoms with Gasteiger partial charge in [0.1, 0.15) is 0 Å². The molecule has 0 spiro atoms. The zero-order valence-electron chi connectivity index (χ0n) is 4.29. The van der Waals surface area contributed by atoms with Crippen molar-refractivity contribution in [2.75, 3.05) is 7.05 Å². The van der Waals surface area contributed by atoms with Gasteiger partial charge in [-0.05, 0) is 7.05 Å². The molecule has 0 aliphatic heterocycles. The van der Waals surface area contributed by atoms with Gasteiger partial charge in [0.2, 0.25) is 0 Å². The number of hydrazine groups is 4. The van der Waals surface area contributed by atoms with Crippen molar-refractivity contribution in [3.05, 3.63) is 10.4 Å². The van der Waals surface area contributed by atoms with Crippen molar-refractivity contribution in [1.29, 1.82) is 0 Å². The lowest BCUT2D eigenvalue weighted by atomic mass is 11.5. The summed E-state index contributed by atoms with van der Waals surface area (Å²) in [7, 11) is 1.42. The van der Waals surface area contributed by atoms with Crippen molar-refractivity contribution in [3.8, 4) is 0 Å². The Kier molecular flexibility index (Phi) is 3.56. The summed E-state index contributed by atoms with van der Waals surface area (Å²) < 4.78 is 0. The zero-order chi connectivity index (χ0) is 6.57. The van der Waals surface area contributed by atoms with Crippen LogP contribution in [-0.2, 0) is 0 Å². The van der Waals surface area contributed by atoms with Gasteiger partial charge in [-0.3, -0.25) is 11.1 Å². The molecule has 0 amide bonds. The fourth-order valence-corrected chi connectivity index (χ4v) is 0.145. The molecule has 50 valence electrons. The Morgan fingerprint density at radius 1 is 1.50 bits per heavy atom. The maximum atomic E-state index is 9.97. The van der Waals surface area contributed by atoms with Crippen LogP contribution < -0.4 is 16.8 Å². The van der Waals surface area contributed by atoms with Crippen molar-refractivity contribution >= 4 is 0 Å². The molecule has 0 unspecified atom stereocenters. The molecule has 0 atom stereocenters. The van der Waals surface area contributed by atoms with Gasteiger partial charge in [0, 0.05) is 0 Å². The molecule has 0 bridgehead atoms. The first-order chi connectivity index (χ1) is 3.68. The smallest absolute Gasteiger partial charge is 0.000136 e. The lowest BCUT2D eigenvalue weighted by molar-refractivity contribution is 0.00690. The van der Waals surface area contributed by atoms with E-state index < -0.39 is 5.28 Å². The van der Waals surface area contributed by atoms with E-state index >= 15 is 0 Å². The molecule has 0 aromatic carbocycles. The molecule has 0 radical (unpaired) electrons. The Morgan fingerprint density at radius 2 is 2.00 bits per heavy atom. The molecule has 7 heteroatoms. The maximum absolute atomic E-state index is 9.97. The highest BCUT2D eigenvalue weighted by atomic mass is 16.7. The summed E-state index contributed by atoms with van der Waals surface area (Å²) >= 11 is 0. The average Bonchev–Trinajstić information content (AvgIpc) is 1.67. The topological polar surface area (TPSA) is 103 Å². The number of hydrogen-bond acceptors (Lipinski definition) is 7. The fraction of sp³-hybridized carbons (Fsp3) is 1.00. The summed E-state index contributed by atoms with van der Waals surface area (Å²) in [6.45, 7) is 0. The first kappa shape index (κ1) is 7.72. The first-order valence-corrected chi connectivity index (χ1v) is 1.80. The Morgan fingerprint density at radius 3 is 2.12 bits per heavy atom. The average molecular weight is 121 g/mol. The minimum absolute atomic E-state index is 0.208. The maximum Gasteiger partial charge on any atom is -0.000136 e. The van der Waals surface area contributed by atoms with Gasteiger partial charge in [0.05, 0.1) is 0 Å². The number of hydrogen-bond donors (Lipinski definition) is 3. The lowest BCUT2D eigenvalue weighted by Gasteiger charge is -2.40. The highest BCUT2D eigenvalue weighted by Crippen LogP contribution is 1.72. The number of nitrogens with zero attached hydrogens (tertiary/aromatic N) is 2. The number of rotatable bonds is 3. The molecule has 8 heavy (non-hydrogen) atoms. The van der Waals surface area contributed by atoms with E-state index in [1.807, 2.05) is 5.53 Å². The minimum atomic E-state index is -0.392. The van der Waals surface area contributed by atoms with Gasteiger partial charge in [0.25, 0.3) is 0 Å². The second-order valence-electron chi connectivity index (χ2n) is 0.937. The van der Waals surface area contributed by atoms with E-state index in [0.29, 0.717) is 0 Å². The third-order valence-electron chi connectivity index (χ3n) is 0.386. The fourth-order valence-electron chi connectivity index (χ4n) is 0.145. The van der Waals surface area contributed by atoms with Gasteiger partial charge in [-0.1, -0.05) is 0 Å². The summed E-state index contributed by atoms with van der Waals surface area (Å²) in [4.78, 5) is 0. The first-order valence-electron chi connectivity index (χ1n) is 1.80. The van der Waals surface area contributed by atoms with Crippen LogP contribution in [0.15, 0.2) is 0 Å². The lowest BCUT2D eigenvalue weighted by Crippen LogP contribution is -2.52. The van der Waals surface area contributed by atoms with Gasteiger partial charge < -0.3 is 10.4 Å². The number of nitrogens with two attached hydrogens (primary N) is 1. The summed E-state index contributed by atoms with van der Waals surface area (Å²) in [6, 6.07) is 0. The largest absolute Gasteiger partial charge is 0.758 e. The summed E-state index contributed by atoms with van der Waals surface area (Å²) in [5.74, 6) is 4.41. The summed E-state index contributed by atoms with van der Waals surface area (Å²) in [5, 5.41) is 19.1. The molecule has 0 rings (SSSR count). The quantitative estimate of drug-likeness (QED) is 0.293. The van der Waals surface area contributed by atoms with Gasteiger partial charge in [-0.15, -0.1) is 0 Å². The van der Waals surface area contributed by atoms with Crippen LogP contribution in [0, 0.1) is 10.4 Å². The molecule has 0 aliphatic rings. The second-order valence-corrected chi connectivity index (χ2v) is 0.937. The second kappa shape index (κ2) is 3.69. The Balaban J connectivity index is 3.17. The zero-order valence-corrected chi connectivity index (χ0v) is 4.29. The van der Waals surface area contributed by atoms with Crippen LogP contribution in [0.2, 0.25) is 0 Å². The molecule has 0 heterocycles. The molecule has 7 nitrogen and oxygen atoms in total. The normalized spacial score (nSPS) is 11.2. The standard InChI is InChI=1S/CH7N5O2/c1-3-4-6(8)5(2)7/h3-4H,2H2,1H3/q-2. The van der Waals surface area contributed by atoms with Crippen LogP contribution in [0.3, 0.4) is 0 Å². The number of nitrogens with one attached hydrogen (secondary N) is 2. The third kappa shape index (κ3) is 2.82. The van der Waals surface area contributed by atoms with Crippen LogP contribution >= 0.6 is 0 Å². The van der Waals surface area contributed by atoms with E-state index in [1.54, 1.807) is 0 Å². The van der Waals surface area contributed by atoms with Crippen molar-refractivity contribution in [2.45, 2.75) is 0 Å². The van der Waals surface area contributed by atoms with Crippen LogP contribution in [0.4, 0.5) is 0 Å². The van der Waals surface area contributed by atoms with E-state index in [0.717, 1.165) is 0 Å². The van der Waals surface area contributed by atoms with E-state index in [4.69, 9.17) is 0 Å². The monoisotopic (exact) mass is 121 g/mol. The summed E-state index contributed by atoms with van der Waals surface area (Å²) in [5.41, 5.74) is 4.05. The molecular weight excluding hydrogens is 114 g/mol. The molecule has 4 N–H and O–H groups in total. The van der Waals surface area contributed by atoms with E-state index in [1.165, 1.54) is 7.05 Å². The van der Waals surface area contributed by atoms with Crippen LogP contribution in [-0.4, -0.2) is 17.6 Å². The van der Waals surface area contributed by atoms with Crippen LogP contribution in [0.1, 0.15) is 0 Å². The van der Waals surface area contributed by atoms with Crippen molar-refractivity contribution in [1.82, 2.24) is 21.5 Å². The molecule has 0 fully saturated rings. The van der Waals surface area contributed by atoms with E-state index in [9.17, 15) is 10.4 Å². The van der Waals surface area contributed by atoms with Crippen molar-refractivity contribution < 1.29 is 0 Å². The molecule has 0 saturated carbocycles. The Hall–Kier alpha value is -0.280. The highest BCUT2D eigenvalue weighted by Gasteiger charge is 1.79. The van der Waals surface area contributed by atoms with Gasteiger partial charge in [-0.2, -0.15) is 5.53 Å². The van der Waals surface area contributed by atoms with Crippen molar-refractivity contribution in [3.63, 3.8) is 0 Å². The molecule has 0 saturated heterocycles. The summed E-state index contributed by atoms with van der Waals surface area (Å²) in [6.07, 6.45) is 0. The Bertz CT molecular complexity index is 56.4. The van der Waals surface area contributed by atoms with E-state index in [-0.39, 0.29) is 5.28 Å². The van der Waals surface area contributed by atoms with Crippen LogP contribution in [0.5, 0.6) is 0 Å². The Labute approximate surface area is 46.1 Å². The third-order valence-corrected chi connectivity index (χ3v) is 0.386. The predicted molar refractivity (Wildman–Crippen MR) is 26.8 cm³/mol. The van der Waals surface area contributed by atoms with Crippen molar-refractivity contribution in [2.24, 2.45) is 5.84 Å². The minimum Gasteiger partial charge on any atom is -0.758 e. The molecular formula is CH7N5O2-2. The van der Waals surface area contributed by atoms with Crippen LogP contribution in [0.25, 0.3) is 0 Å². The molecule has 0 aromatic heterocycles. The predicted octanol–water partition coefficient (Wildman–Crippen LogP) is -1.99. The van der Waals surface area contributed by atoms with Gasteiger partial charge >= 0.3 is 0 Å². The molecule has 0 aromatic rings. The van der Waals surface area contributed by atoms with Gasteiger partial charge in [0.15, 0.2) is 0 Å². The highest BCUT2D eigenvalue weighted by molar-refractivity contribution is 4.38. The van der Waals surface area contributed by atoms with Gasteiger partial charge in [-0.25, -0.2) is 10.7 Å².